The standard InChI is InChI=1S/C7H12ClN/c1-3-4-5-7(8)6-9-2/h5-6H,3-4H2,1-2H3/b7-5+,9-6?. The molecule has 2 heteroatoms. The van der Waals surface area contributed by atoms with Gasteiger partial charge in [-0.3, -0.25) is 4.99 Å². The fourth-order valence-electron chi connectivity index (χ4n) is 0.458. The highest BCUT2D eigenvalue weighted by Gasteiger charge is 1.81. The smallest absolute Gasteiger partial charge is 0.0544 e. The van der Waals surface area contributed by atoms with Crippen molar-refractivity contribution in [2.75, 3.05) is 7.05 Å². The first-order chi connectivity index (χ1) is 4.31. The highest BCUT2D eigenvalue weighted by Crippen LogP contribution is 2.00. The highest BCUT2D eigenvalue weighted by molar-refractivity contribution is 6.39. The Labute approximate surface area is 61.4 Å². The zero-order valence-corrected chi connectivity index (χ0v) is 6.65. The maximum Gasteiger partial charge on any atom is 0.0544 e. The fraction of sp³-hybridized carbons (Fsp3) is 0.571. The van der Waals surface area contributed by atoms with Gasteiger partial charge in [0.15, 0.2) is 0 Å². The predicted octanol–water partition coefficient (Wildman–Crippen LogP) is 2.61. The normalized spacial score (nSPS) is 13.0. The molecular weight excluding hydrogens is 134 g/mol. The average molecular weight is 146 g/mol. The minimum Gasteiger partial charge on any atom is -0.295 e. The van der Waals surface area contributed by atoms with Crippen molar-refractivity contribution in [1.82, 2.24) is 0 Å². The molecule has 0 radical (unpaired) electrons. The molecule has 0 N–H and O–H groups in total. The molecular formula is C7H12ClN. The summed E-state index contributed by atoms with van der Waals surface area (Å²) in [6, 6.07) is 0. The van der Waals surface area contributed by atoms with Gasteiger partial charge in [-0.05, 0) is 6.42 Å². The van der Waals surface area contributed by atoms with Crippen LogP contribution in [0.5, 0.6) is 0 Å². The Morgan fingerprint density at radius 3 is 2.78 bits per heavy atom. The van der Waals surface area contributed by atoms with Gasteiger partial charge in [-0.1, -0.05) is 31.0 Å². The molecule has 0 aliphatic rings. The van der Waals surface area contributed by atoms with Gasteiger partial charge in [-0.25, -0.2) is 0 Å². The van der Waals surface area contributed by atoms with Gasteiger partial charge < -0.3 is 0 Å². The van der Waals surface area contributed by atoms with Crippen LogP contribution >= 0.6 is 11.6 Å². The Kier molecular flexibility index (Phi) is 5.64. The largest absolute Gasteiger partial charge is 0.295 e. The minimum atomic E-state index is 0.736. The Hall–Kier alpha value is -0.300. The SMILES string of the molecule is CCC/C=C(/Cl)C=NC. The second kappa shape index (κ2) is 5.83. The molecule has 1 nitrogen and oxygen atoms in total. The molecule has 9 heavy (non-hydrogen) atoms. The van der Waals surface area contributed by atoms with E-state index in [1.807, 2.05) is 6.08 Å². The van der Waals surface area contributed by atoms with E-state index < -0.39 is 0 Å². The fourth-order valence-corrected chi connectivity index (χ4v) is 0.665. The topological polar surface area (TPSA) is 12.4 Å². The van der Waals surface area contributed by atoms with E-state index in [9.17, 15) is 0 Å². The van der Waals surface area contributed by atoms with E-state index in [2.05, 4.69) is 11.9 Å². The number of rotatable bonds is 3. The second-order valence-corrected chi connectivity index (χ2v) is 2.20. The maximum atomic E-state index is 5.67. The summed E-state index contributed by atoms with van der Waals surface area (Å²) >= 11 is 5.67. The lowest BCUT2D eigenvalue weighted by Crippen LogP contribution is -1.72. The van der Waals surface area contributed by atoms with E-state index in [-0.39, 0.29) is 0 Å². The first-order valence-electron chi connectivity index (χ1n) is 3.09. The van der Waals surface area contributed by atoms with Gasteiger partial charge in [0.2, 0.25) is 0 Å². The summed E-state index contributed by atoms with van der Waals surface area (Å²) < 4.78 is 0. The third-order valence-electron chi connectivity index (χ3n) is 0.880. The van der Waals surface area contributed by atoms with E-state index in [1.54, 1.807) is 13.3 Å². The Bertz CT molecular complexity index is 116. The summed E-state index contributed by atoms with van der Waals surface area (Å²) in [5.74, 6) is 0. The molecule has 0 rings (SSSR count). The van der Waals surface area contributed by atoms with E-state index in [0.717, 1.165) is 17.9 Å². The number of allylic oxidation sites excluding steroid dienone is 2. The maximum absolute atomic E-state index is 5.67. The summed E-state index contributed by atoms with van der Waals surface area (Å²) in [5, 5.41) is 0.736. The first-order valence-corrected chi connectivity index (χ1v) is 3.47. The van der Waals surface area contributed by atoms with E-state index in [1.165, 1.54) is 0 Å². The van der Waals surface area contributed by atoms with E-state index in [4.69, 9.17) is 11.6 Å². The Balaban J connectivity index is 3.55. The summed E-state index contributed by atoms with van der Waals surface area (Å²) in [6.45, 7) is 2.11. The van der Waals surface area contributed by atoms with Crippen molar-refractivity contribution in [2.24, 2.45) is 4.99 Å². The van der Waals surface area contributed by atoms with Gasteiger partial charge in [0.05, 0.1) is 5.03 Å². The van der Waals surface area contributed by atoms with Crippen molar-refractivity contribution >= 4 is 17.8 Å². The van der Waals surface area contributed by atoms with Crippen LogP contribution in [-0.2, 0) is 0 Å². The number of halogens is 1. The molecule has 0 atom stereocenters. The number of aliphatic imine (C=N–C) groups is 1. The van der Waals surface area contributed by atoms with Crippen molar-refractivity contribution in [1.29, 1.82) is 0 Å². The number of hydrogen-bond donors (Lipinski definition) is 0. The molecule has 0 fully saturated rings. The van der Waals surface area contributed by atoms with E-state index >= 15 is 0 Å². The Morgan fingerprint density at radius 1 is 1.67 bits per heavy atom. The van der Waals surface area contributed by atoms with Crippen molar-refractivity contribution < 1.29 is 0 Å². The van der Waals surface area contributed by atoms with Gasteiger partial charge in [0.25, 0.3) is 0 Å². The molecule has 0 aromatic heterocycles. The summed E-state index contributed by atoms with van der Waals surface area (Å²) in [4.78, 5) is 3.76. The molecule has 0 saturated carbocycles. The predicted molar refractivity (Wildman–Crippen MR) is 43.3 cm³/mol. The van der Waals surface area contributed by atoms with Gasteiger partial charge in [0, 0.05) is 13.3 Å². The monoisotopic (exact) mass is 145 g/mol. The second-order valence-electron chi connectivity index (χ2n) is 1.76. The summed E-state index contributed by atoms with van der Waals surface area (Å²) in [5.41, 5.74) is 0. The summed E-state index contributed by atoms with van der Waals surface area (Å²) in [6.07, 6.45) is 5.78. The van der Waals surface area contributed by atoms with Crippen LogP contribution in [0, 0.1) is 0 Å². The molecule has 0 spiro atoms. The lowest BCUT2D eigenvalue weighted by atomic mass is 10.3. The van der Waals surface area contributed by atoms with Gasteiger partial charge in [0.1, 0.15) is 0 Å². The van der Waals surface area contributed by atoms with Crippen LogP contribution < -0.4 is 0 Å². The van der Waals surface area contributed by atoms with Crippen molar-refractivity contribution in [2.45, 2.75) is 19.8 Å². The van der Waals surface area contributed by atoms with Crippen molar-refractivity contribution in [3.63, 3.8) is 0 Å². The number of unbranched alkanes of at least 4 members (excludes halogenated alkanes) is 1. The van der Waals surface area contributed by atoms with Crippen LogP contribution in [0.4, 0.5) is 0 Å². The van der Waals surface area contributed by atoms with Gasteiger partial charge in [-0.2, -0.15) is 0 Å². The Morgan fingerprint density at radius 2 is 2.33 bits per heavy atom. The van der Waals surface area contributed by atoms with Crippen LogP contribution in [0.15, 0.2) is 16.1 Å². The first kappa shape index (κ1) is 8.70. The molecule has 0 aliphatic heterocycles. The van der Waals surface area contributed by atoms with Crippen LogP contribution in [0.1, 0.15) is 19.8 Å². The minimum absolute atomic E-state index is 0.736. The quantitative estimate of drug-likeness (QED) is 0.542. The molecule has 0 heterocycles. The average Bonchev–Trinajstić information content (AvgIpc) is 1.85. The molecule has 0 bridgehead atoms. The zero-order chi connectivity index (χ0) is 7.11. The molecule has 0 aromatic carbocycles. The molecule has 52 valence electrons. The van der Waals surface area contributed by atoms with Crippen LogP contribution in [0.2, 0.25) is 0 Å². The lowest BCUT2D eigenvalue weighted by Gasteiger charge is -1.85. The van der Waals surface area contributed by atoms with Gasteiger partial charge >= 0.3 is 0 Å². The highest BCUT2D eigenvalue weighted by atomic mass is 35.5. The third-order valence-corrected chi connectivity index (χ3v) is 1.13. The summed E-state index contributed by atoms with van der Waals surface area (Å²) in [7, 11) is 1.71. The van der Waals surface area contributed by atoms with Crippen molar-refractivity contribution in [3.8, 4) is 0 Å². The van der Waals surface area contributed by atoms with Crippen LogP contribution in [0.3, 0.4) is 0 Å². The third kappa shape index (κ3) is 5.57. The van der Waals surface area contributed by atoms with Crippen molar-refractivity contribution in [3.05, 3.63) is 11.1 Å². The lowest BCUT2D eigenvalue weighted by molar-refractivity contribution is 0.958. The molecule has 0 unspecified atom stereocenters. The molecule has 0 aromatic rings. The van der Waals surface area contributed by atoms with Gasteiger partial charge in [-0.15, -0.1) is 0 Å². The number of hydrogen-bond acceptors (Lipinski definition) is 1. The molecule has 0 aliphatic carbocycles. The zero-order valence-electron chi connectivity index (χ0n) is 5.89. The van der Waals surface area contributed by atoms with Crippen LogP contribution in [-0.4, -0.2) is 13.3 Å². The van der Waals surface area contributed by atoms with E-state index in [0.29, 0.717) is 0 Å². The molecule has 0 saturated heterocycles. The number of nitrogens with zero attached hydrogens (tertiary/aromatic N) is 1. The van der Waals surface area contributed by atoms with Crippen LogP contribution in [0.25, 0.3) is 0 Å². The molecule has 0 amide bonds.